The summed E-state index contributed by atoms with van der Waals surface area (Å²) in [7, 11) is 0. The Kier molecular flexibility index (Phi) is 8.04. The molecule has 0 aliphatic carbocycles. The Labute approximate surface area is 99.5 Å². The van der Waals surface area contributed by atoms with Gasteiger partial charge in [0.2, 0.25) is 0 Å². The van der Waals surface area contributed by atoms with Crippen LogP contribution in [0.15, 0.2) is 0 Å². The fourth-order valence-electron chi connectivity index (χ4n) is 1.32. The molecule has 16 heavy (non-hydrogen) atoms. The SMILES string of the molecule is CCCCCCCCOC(=O)OC(C)(C)C. The summed E-state index contributed by atoms with van der Waals surface area (Å²) in [5, 5.41) is 0. The molecule has 0 fully saturated rings. The Hall–Kier alpha value is -0.730. The lowest BCUT2D eigenvalue weighted by Gasteiger charge is -2.18. The molecule has 0 N–H and O–H groups in total. The number of hydrogen-bond acceptors (Lipinski definition) is 3. The summed E-state index contributed by atoms with van der Waals surface area (Å²) >= 11 is 0. The molecule has 0 atom stereocenters. The van der Waals surface area contributed by atoms with Crippen LogP contribution in [-0.2, 0) is 9.47 Å². The maximum Gasteiger partial charge on any atom is 0.508 e. The van der Waals surface area contributed by atoms with Gasteiger partial charge in [0.1, 0.15) is 5.60 Å². The second kappa shape index (κ2) is 8.43. The molecule has 0 heterocycles. The molecule has 3 heteroatoms. The predicted octanol–water partition coefficient (Wildman–Crippen LogP) is 4.30. The van der Waals surface area contributed by atoms with Crippen molar-refractivity contribution in [1.82, 2.24) is 0 Å². The second-order valence-corrected chi connectivity index (χ2v) is 5.08. The van der Waals surface area contributed by atoms with Gasteiger partial charge in [-0.3, -0.25) is 0 Å². The molecule has 0 aromatic rings. The van der Waals surface area contributed by atoms with Crippen LogP contribution in [0.25, 0.3) is 0 Å². The summed E-state index contributed by atoms with van der Waals surface area (Å²) < 4.78 is 9.99. The molecule has 0 aliphatic rings. The quantitative estimate of drug-likeness (QED) is 0.483. The summed E-state index contributed by atoms with van der Waals surface area (Å²) in [5.74, 6) is 0. The third-order valence-electron chi connectivity index (χ3n) is 2.11. The van der Waals surface area contributed by atoms with Crippen molar-refractivity contribution in [2.45, 2.75) is 71.8 Å². The van der Waals surface area contributed by atoms with Crippen LogP contribution in [0.4, 0.5) is 4.79 Å². The van der Waals surface area contributed by atoms with Crippen LogP contribution < -0.4 is 0 Å². The smallest absolute Gasteiger partial charge is 0.434 e. The average Bonchev–Trinajstić information content (AvgIpc) is 2.13. The highest BCUT2D eigenvalue weighted by atomic mass is 16.7. The van der Waals surface area contributed by atoms with Crippen molar-refractivity contribution in [2.24, 2.45) is 0 Å². The van der Waals surface area contributed by atoms with Gasteiger partial charge in [-0.15, -0.1) is 0 Å². The summed E-state index contributed by atoms with van der Waals surface area (Å²) in [6, 6.07) is 0. The van der Waals surface area contributed by atoms with Gasteiger partial charge in [0, 0.05) is 0 Å². The number of hydrogen-bond donors (Lipinski definition) is 0. The minimum absolute atomic E-state index is 0.460. The molecule has 96 valence electrons. The molecule has 0 saturated heterocycles. The van der Waals surface area contributed by atoms with E-state index in [-0.39, 0.29) is 0 Å². The molecular weight excluding hydrogens is 204 g/mol. The zero-order valence-corrected chi connectivity index (χ0v) is 11.2. The van der Waals surface area contributed by atoms with Crippen LogP contribution >= 0.6 is 0 Å². The highest BCUT2D eigenvalue weighted by Crippen LogP contribution is 2.09. The van der Waals surface area contributed by atoms with Gasteiger partial charge in [-0.25, -0.2) is 4.79 Å². The lowest BCUT2D eigenvalue weighted by Crippen LogP contribution is -2.24. The zero-order valence-electron chi connectivity index (χ0n) is 11.2. The summed E-state index contributed by atoms with van der Waals surface area (Å²) in [5.41, 5.74) is -0.460. The van der Waals surface area contributed by atoms with Gasteiger partial charge in [-0.2, -0.15) is 0 Å². The van der Waals surface area contributed by atoms with E-state index in [9.17, 15) is 4.79 Å². The van der Waals surface area contributed by atoms with Crippen molar-refractivity contribution in [3.8, 4) is 0 Å². The molecule has 0 saturated carbocycles. The Bertz CT molecular complexity index is 182. The summed E-state index contributed by atoms with van der Waals surface area (Å²) in [6.07, 6.45) is 6.57. The Balaban J connectivity index is 3.28. The first kappa shape index (κ1) is 15.3. The van der Waals surface area contributed by atoms with Crippen molar-refractivity contribution in [1.29, 1.82) is 0 Å². The molecule has 0 aromatic carbocycles. The Morgan fingerprint density at radius 1 is 1.00 bits per heavy atom. The van der Waals surface area contributed by atoms with E-state index in [4.69, 9.17) is 9.47 Å². The van der Waals surface area contributed by atoms with E-state index >= 15 is 0 Å². The van der Waals surface area contributed by atoms with Crippen LogP contribution in [0, 0.1) is 0 Å². The third kappa shape index (κ3) is 11.3. The summed E-state index contributed by atoms with van der Waals surface area (Å²) in [4.78, 5) is 11.1. The fraction of sp³-hybridized carbons (Fsp3) is 0.923. The minimum atomic E-state index is -0.555. The van der Waals surface area contributed by atoms with Gasteiger partial charge in [-0.1, -0.05) is 39.0 Å². The number of ether oxygens (including phenoxy) is 2. The van der Waals surface area contributed by atoms with Crippen molar-refractivity contribution in [3.05, 3.63) is 0 Å². The largest absolute Gasteiger partial charge is 0.508 e. The van der Waals surface area contributed by atoms with Crippen LogP contribution in [0.2, 0.25) is 0 Å². The average molecular weight is 230 g/mol. The zero-order chi connectivity index (χ0) is 12.4. The van der Waals surface area contributed by atoms with E-state index in [1.54, 1.807) is 0 Å². The van der Waals surface area contributed by atoms with E-state index in [0.717, 1.165) is 12.8 Å². The van der Waals surface area contributed by atoms with Gasteiger partial charge in [0.05, 0.1) is 6.61 Å². The van der Waals surface area contributed by atoms with Crippen molar-refractivity contribution in [3.63, 3.8) is 0 Å². The van der Waals surface area contributed by atoms with Crippen LogP contribution in [-0.4, -0.2) is 18.4 Å². The molecule has 0 aromatic heterocycles. The highest BCUT2D eigenvalue weighted by Gasteiger charge is 2.16. The normalized spacial score (nSPS) is 11.2. The van der Waals surface area contributed by atoms with Crippen LogP contribution in [0.5, 0.6) is 0 Å². The number of rotatable bonds is 7. The van der Waals surface area contributed by atoms with Crippen LogP contribution in [0.3, 0.4) is 0 Å². The second-order valence-electron chi connectivity index (χ2n) is 5.08. The van der Waals surface area contributed by atoms with E-state index < -0.39 is 11.8 Å². The van der Waals surface area contributed by atoms with Gasteiger partial charge in [0.15, 0.2) is 0 Å². The van der Waals surface area contributed by atoms with Crippen molar-refractivity contribution < 1.29 is 14.3 Å². The van der Waals surface area contributed by atoms with Crippen molar-refractivity contribution >= 4 is 6.16 Å². The molecule has 3 nitrogen and oxygen atoms in total. The highest BCUT2D eigenvalue weighted by molar-refractivity contribution is 5.60. The molecule has 0 spiro atoms. The number of carbonyl (C=O) groups excluding carboxylic acids is 1. The molecule has 0 aliphatic heterocycles. The molecule has 0 unspecified atom stereocenters. The standard InChI is InChI=1S/C13H26O3/c1-5-6-7-8-9-10-11-15-12(14)16-13(2,3)4/h5-11H2,1-4H3. The molecule has 0 bridgehead atoms. The van der Waals surface area contributed by atoms with Gasteiger partial charge in [-0.05, 0) is 27.2 Å². The molecule has 0 radical (unpaired) electrons. The molecule has 0 rings (SSSR count). The fourth-order valence-corrected chi connectivity index (χ4v) is 1.32. The monoisotopic (exact) mass is 230 g/mol. The van der Waals surface area contributed by atoms with Gasteiger partial charge in [0.25, 0.3) is 0 Å². The topological polar surface area (TPSA) is 35.5 Å². The van der Waals surface area contributed by atoms with E-state index in [1.165, 1.54) is 25.7 Å². The predicted molar refractivity (Wildman–Crippen MR) is 65.6 cm³/mol. The lowest BCUT2D eigenvalue weighted by molar-refractivity contribution is -0.00769. The first-order chi connectivity index (χ1) is 7.45. The maximum absolute atomic E-state index is 11.1. The Morgan fingerprint density at radius 2 is 1.56 bits per heavy atom. The van der Waals surface area contributed by atoms with Gasteiger partial charge >= 0.3 is 6.16 Å². The number of carbonyl (C=O) groups is 1. The lowest BCUT2D eigenvalue weighted by atomic mass is 10.1. The minimum Gasteiger partial charge on any atom is -0.434 e. The Morgan fingerprint density at radius 3 is 2.12 bits per heavy atom. The first-order valence-electron chi connectivity index (χ1n) is 6.31. The number of unbranched alkanes of at least 4 members (excludes halogenated alkanes) is 5. The van der Waals surface area contributed by atoms with Gasteiger partial charge < -0.3 is 9.47 Å². The van der Waals surface area contributed by atoms with E-state index in [2.05, 4.69) is 6.92 Å². The molecular formula is C13H26O3. The van der Waals surface area contributed by atoms with E-state index in [1.807, 2.05) is 20.8 Å². The maximum atomic E-state index is 11.1. The molecule has 0 amide bonds. The van der Waals surface area contributed by atoms with Crippen LogP contribution in [0.1, 0.15) is 66.2 Å². The third-order valence-corrected chi connectivity index (χ3v) is 2.11. The van der Waals surface area contributed by atoms with Crippen molar-refractivity contribution in [2.75, 3.05) is 6.61 Å². The first-order valence-corrected chi connectivity index (χ1v) is 6.31. The summed E-state index contributed by atoms with van der Waals surface area (Å²) in [6.45, 7) is 8.17. The van der Waals surface area contributed by atoms with E-state index in [0.29, 0.717) is 6.61 Å².